The predicted molar refractivity (Wildman–Crippen MR) is 88.4 cm³/mol. The first-order valence-corrected chi connectivity index (χ1v) is 8.68. The van der Waals surface area contributed by atoms with Crippen molar-refractivity contribution in [1.29, 1.82) is 0 Å². The van der Waals surface area contributed by atoms with E-state index in [2.05, 4.69) is 15.5 Å². The molecule has 0 aliphatic heterocycles. The predicted octanol–water partition coefficient (Wildman–Crippen LogP) is 4.12. The van der Waals surface area contributed by atoms with E-state index in [4.69, 9.17) is 23.2 Å². The molecule has 8 heteroatoms. The summed E-state index contributed by atoms with van der Waals surface area (Å²) >= 11 is 14.8. The molecule has 1 atom stereocenters. The summed E-state index contributed by atoms with van der Waals surface area (Å²) in [5.74, 6) is 0.218. The SMILES string of the molecule is Cc1nnc(SCC(=O)NC(C)c2ccc(Cl)cc2Cl)s1. The zero-order valence-corrected chi connectivity index (χ0v) is 14.5. The van der Waals surface area contributed by atoms with Crippen molar-refractivity contribution >= 4 is 52.2 Å². The van der Waals surface area contributed by atoms with Crippen molar-refractivity contribution in [3.8, 4) is 0 Å². The summed E-state index contributed by atoms with van der Waals surface area (Å²) in [6, 6.07) is 5.06. The highest BCUT2D eigenvalue weighted by Crippen LogP contribution is 2.26. The molecule has 2 rings (SSSR count). The van der Waals surface area contributed by atoms with E-state index in [-0.39, 0.29) is 11.9 Å². The lowest BCUT2D eigenvalue weighted by atomic mass is 10.1. The number of hydrogen-bond donors (Lipinski definition) is 1. The maximum atomic E-state index is 11.9. The lowest BCUT2D eigenvalue weighted by Gasteiger charge is -2.15. The number of hydrogen-bond acceptors (Lipinski definition) is 5. The molecule has 1 heterocycles. The summed E-state index contributed by atoms with van der Waals surface area (Å²) in [6.45, 7) is 3.76. The summed E-state index contributed by atoms with van der Waals surface area (Å²) in [7, 11) is 0. The van der Waals surface area contributed by atoms with Crippen molar-refractivity contribution in [2.75, 3.05) is 5.75 Å². The Labute approximate surface area is 141 Å². The maximum absolute atomic E-state index is 11.9. The summed E-state index contributed by atoms with van der Waals surface area (Å²) in [5.41, 5.74) is 0.839. The second-order valence-corrected chi connectivity index (χ2v) is 7.58. The van der Waals surface area contributed by atoms with Crippen molar-refractivity contribution in [2.45, 2.75) is 24.2 Å². The molecule has 21 heavy (non-hydrogen) atoms. The first-order valence-electron chi connectivity index (χ1n) is 6.13. The van der Waals surface area contributed by atoms with Gasteiger partial charge in [-0.2, -0.15) is 0 Å². The topological polar surface area (TPSA) is 54.9 Å². The van der Waals surface area contributed by atoms with Crippen LogP contribution < -0.4 is 5.32 Å². The van der Waals surface area contributed by atoms with E-state index >= 15 is 0 Å². The average Bonchev–Trinajstić information content (AvgIpc) is 2.82. The summed E-state index contributed by atoms with van der Waals surface area (Å²) in [4.78, 5) is 11.9. The van der Waals surface area contributed by atoms with E-state index in [0.29, 0.717) is 15.8 Å². The number of aromatic nitrogens is 2. The van der Waals surface area contributed by atoms with Crippen LogP contribution in [0.5, 0.6) is 0 Å². The monoisotopic (exact) mass is 361 g/mol. The Hall–Kier alpha value is -0.820. The van der Waals surface area contributed by atoms with Crippen LogP contribution in [0, 0.1) is 6.92 Å². The van der Waals surface area contributed by atoms with Gasteiger partial charge < -0.3 is 5.32 Å². The van der Waals surface area contributed by atoms with Crippen LogP contribution in [0.4, 0.5) is 0 Å². The number of nitrogens with one attached hydrogen (secondary N) is 1. The van der Waals surface area contributed by atoms with E-state index < -0.39 is 0 Å². The maximum Gasteiger partial charge on any atom is 0.230 e. The van der Waals surface area contributed by atoms with Crippen LogP contribution in [0.3, 0.4) is 0 Å². The van der Waals surface area contributed by atoms with Gasteiger partial charge in [0.1, 0.15) is 5.01 Å². The number of amides is 1. The fourth-order valence-electron chi connectivity index (χ4n) is 1.68. The van der Waals surface area contributed by atoms with Crippen LogP contribution in [0.1, 0.15) is 23.5 Å². The molecular weight excluding hydrogens is 349 g/mol. The van der Waals surface area contributed by atoms with Crippen molar-refractivity contribution in [3.63, 3.8) is 0 Å². The van der Waals surface area contributed by atoms with Crippen molar-refractivity contribution in [2.24, 2.45) is 0 Å². The number of nitrogens with zero attached hydrogens (tertiary/aromatic N) is 2. The third-order valence-corrected chi connectivity index (χ3v) is 5.18. The van der Waals surface area contributed by atoms with Crippen molar-refractivity contribution in [3.05, 3.63) is 38.8 Å². The molecule has 2 aromatic rings. The van der Waals surface area contributed by atoms with Gasteiger partial charge in [-0.15, -0.1) is 10.2 Å². The highest BCUT2D eigenvalue weighted by atomic mass is 35.5. The van der Waals surface area contributed by atoms with Crippen LogP contribution in [0.2, 0.25) is 10.0 Å². The van der Waals surface area contributed by atoms with Gasteiger partial charge in [0.15, 0.2) is 4.34 Å². The lowest BCUT2D eigenvalue weighted by molar-refractivity contribution is -0.119. The summed E-state index contributed by atoms with van der Waals surface area (Å²) in [6.07, 6.45) is 0. The fraction of sp³-hybridized carbons (Fsp3) is 0.308. The minimum Gasteiger partial charge on any atom is -0.349 e. The van der Waals surface area contributed by atoms with Gasteiger partial charge in [0.25, 0.3) is 0 Å². The van der Waals surface area contributed by atoms with Gasteiger partial charge in [-0.3, -0.25) is 4.79 Å². The van der Waals surface area contributed by atoms with E-state index in [1.165, 1.54) is 23.1 Å². The van der Waals surface area contributed by atoms with Crippen LogP contribution in [-0.2, 0) is 4.79 Å². The molecule has 1 N–H and O–H groups in total. The van der Waals surface area contributed by atoms with Gasteiger partial charge in [-0.25, -0.2) is 0 Å². The molecule has 0 saturated heterocycles. The van der Waals surface area contributed by atoms with Crippen molar-refractivity contribution in [1.82, 2.24) is 15.5 Å². The number of thioether (sulfide) groups is 1. The highest BCUT2D eigenvalue weighted by molar-refractivity contribution is 8.01. The third kappa shape index (κ3) is 4.85. The molecule has 0 radical (unpaired) electrons. The Morgan fingerprint density at radius 2 is 2.19 bits per heavy atom. The second-order valence-electron chi connectivity index (χ2n) is 4.33. The lowest BCUT2D eigenvalue weighted by Crippen LogP contribution is -2.28. The van der Waals surface area contributed by atoms with Crippen LogP contribution in [0.25, 0.3) is 0 Å². The Balaban J connectivity index is 1.89. The minimum atomic E-state index is -0.181. The third-order valence-electron chi connectivity index (χ3n) is 2.64. The molecule has 0 aliphatic rings. The molecule has 0 fully saturated rings. The molecule has 0 aliphatic carbocycles. The van der Waals surface area contributed by atoms with Gasteiger partial charge in [0, 0.05) is 10.0 Å². The Kier molecular flexibility index (Phi) is 5.87. The first-order chi connectivity index (χ1) is 9.95. The number of halogens is 2. The average molecular weight is 362 g/mol. The highest BCUT2D eigenvalue weighted by Gasteiger charge is 2.14. The number of carbonyl (C=O) groups is 1. The Morgan fingerprint density at radius 3 is 2.81 bits per heavy atom. The summed E-state index contributed by atoms with van der Waals surface area (Å²) in [5, 5.41) is 12.8. The molecule has 112 valence electrons. The van der Waals surface area contributed by atoms with Crippen LogP contribution in [0.15, 0.2) is 22.5 Å². The fourth-order valence-corrected chi connectivity index (χ4v) is 3.88. The molecule has 1 aromatic heterocycles. The van der Waals surface area contributed by atoms with Gasteiger partial charge in [-0.1, -0.05) is 52.4 Å². The summed E-state index contributed by atoms with van der Waals surface area (Å²) < 4.78 is 0.792. The van der Waals surface area contributed by atoms with Gasteiger partial charge >= 0.3 is 0 Å². The largest absolute Gasteiger partial charge is 0.349 e. The van der Waals surface area contributed by atoms with Gasteiger partial charge in [-0.05, 0) is 31.5 Å². The van der Waals surface area contributed by atoms with E-state index in [0.717, 1.165) is 14.9 Å². The van der Waals surface area contributed by atoms with Crippen LogP contribution >= 0.6 is 46.3 Å². The molecule has 1 unspecified atom stereocenters. The molecule has 1 aromatic carbocycles. The number of aryl methyl sites for hydroxylation is 1. The smallest absolute Gasteiger partial charge is 0.230 e. The molecule has 4 nitrogen and oxygen atoms in total. The van der Waals surface area contributed by atoms with E-state index in [1.807, 2.05) is 19.9 Å². The number of carbonyl (C=O) groups excluding carboxylic acids is 1. The van der Waals surface area contributed by atoms with E-state index in [1.54, 1.807) is 12.1 Å². The quantitative estimate of drug-likeness (QED) is 0.813. The van der Waals surface area contributed by atoms with E-state index in [9.17, 15) is 4.79 Å². The van der Waals surface area contributed by atoms with Gasteiger partial charge in [0.2, 0.25) is 5.91 Å². The first kappa shape index (κ1) is 16.5. The minimum absolute atomic E-state index is 0.0774. The van der Waals surface area contributed by atoms with Gasteiger partial charge in [0.05, 0.1) is 11.8 Å². The normalized spacial score (nSPS) is 12.2. The molecule has 0 spiro atoms. The molecule has 0 bridgehead atoms. The molecule has 0 saturated carbocycles. The number of rotatable bonds is 5. The molecule has 1 amide bonds. The Bertz CT molecular complexity index is 648. The zero-order chi connectivity index (χ0) is 15.4. The standard InChI is InChI=1S/C13H13Cl2N3OS2/c1-7(10-4-3-9(14)5-11(10)15)16-12(19)6-20-13-18-17-8(2)21-13/h3-5,7H,6H2,1-2H3,(H,16,19). The second kappa shape index (κ2) is 7.45. The van der Waals surface area contributed by atoms with Crippen LogP contribution in [-0.4, -0.2) is 21.9 Å². The zero-order valence-electron chi connectivity index (χ0n) is 11.4. The van der Waals surface area contributed by atoms with Crippen molar-refractivity contribution < 1.29 is 4.79 Å². The Morgan fingerprint density at radius 1 is 1.43 bits per heavy atom. The number of benzene rings is 1. The molecular formula is C13H13Cl2N3OS2.